The van der Waals surface area contributed by atoms with Crippen molar-refractivity contribution in [1.29, 1.82) is 0 Å². The lowest BCUT2D eigenvalue weighted by molar-refractivity contribution is 0.0953. The second kappa shape index (κ2) is 6.23. The monoisotopic (exact) mass is 257 g/mol. The number of amides is 1. The van der Waals surface area contributed by atoms with Gasteiger partial charge in [-0.25, -0.2) is 0 Å². The summed E-state index contributed by atoms with van der Waals surface area (Å²) in [6.45, 7) is 4.99. The molecule has 0 spiro atoms. The minimum Gasteiger partial charge on any atom is -0.472 e. The number of hydrogen-bond acceptors (Lipinski definition) is 2. The van der Waals surface area contributed by atoms with Crippen molar-refractivity contribution in [2.75, 3.05) is 6.54 Å². The molecule has 1 amide bonds. The van der Waals surface area contributed by atoms with Gasteiger partial charge in [0.2, 0.25) is 0 Å². The van der Waals surface area contributed by atoms with Gasteiger partial charge in [-0.3, -0.25) is 4.79 Å². The normalized spacial score (nSPS) is 10.7. The van der Waals surface area contributed by atoms with Crippen molar-refractivity contribution in [2.24, 2.45) is 0 Å². The SMILES string of the molecule is CC(C)c1ccc(CCNC(=O)c2ccoc2)cc1. The van der Waals surface area contributed by atoms with Crippen LogP contribution in [0.1, 0.15) is 41.3 Å². The third-order valence-corrected chi connectivity index (χ3v) is 3.13. The Morgan fingerprint density at radius 2 is 1.95 bits per heavy atom. The minimum absolute atomic E-state index is 0.0902. The van der Waals surface area contributed by atoms with E-state index in [1.807, 2.05) is 0 Å². The third-order valence-electron chi connectivity index (χ3n) is 3.13. The molecule has 0 radical (unpaired) electrons. The molecule has 1 N–H and O–H groups in total. The van der Waals surface area contributed by atoms with Crippen LogP contribution in [0.15, 0.2) is 47.3 Å². The molecule has 3 heteroatoms. The summed E-state index contributed by atoms with van der Waals surface area (Å²) in [5.41, 5.74) is 3.14. The van der Waals surface area contributed by atoms with E-state index in [1.165, 1.54) is 23.7 Å². The van der Waals surface area contributed by atoms with Crippen molar-refractivity contribution in [3.8, 4) is 0 Å². The molecule has 2 aromatic rings. The zero-order valence-corrected chi connectivity index (χ0v) is 11.3. The number of carbonyl (C=O) groups is 1. The lowest BCUT2D eigenvalue weighted by atomic mass is 10.0. The van der Waals surface area contributed by atoms with Crippen molar-refractivity contribution < 1.29 is 9.21 Å². The first-order valence-corrected chi connectivity index (χ1v) is 6.56. The standard InChI is InChI=1S/C16H19NO2/c1-12(2)14-5-3-13(4-6-14)7-9-17-16(18)15-8-10-19-11-15/h3-6,8,10-12H,7,9H2,1-2H3,(H,17,18). The van der Waals surface area contributed by atoms with Crippen LogP contribution in [-0.4, -0.2) is 12.5 Å². The van der Waals surface area contributed by atoms with Gasteiger partial charge in [-0.1, -0.05) is 38.1 Å². The van der Waals surface area contributed by atoms with E-state index in [4.69, 9.17) is 4.42 Å². The highest BCUT2D eigenvalue weighted by Gasteiger charge is 2.05. The van der Waals surface area contributed by atoms with Crippen LogP contribution in [0.2, 0.25) is 0 Å². The van der Waals surface area contributed by atoms with Gasteiger partial charge >= 0.3 is 0 Å². The fraction of sp³-hybridized carbons (Fsp3) is 0.312. The molecule has 100 valence electrons. The zero-order chi connectivity index (χ0) is 13.7. The minimum atomic E-state index is -0.0902. The molecule has 0 bridgehead atoms. The second-order valence-electron chi connectivity index (χ2n) is 4.91. The van der Waals surface area contributed by atoms with E-state index in [-0.39, 0.29) is 5.91 Å². The van der Waals surface area contributed by atoms with Gasteiger partial charge in [0.25, 0.3) is 5.91 Å². The Kier molecular flexibility index (Phi) is 4.39. The maximum Gasteiger partial charge on any atom is 0.254 e. The Hall–Kier alpha value is -2.03. The summed E-state index contributed by atoms with van der Waals surface area (Å²) in [5.74, 6) is 0.461. The molecule has 0 saturated heterocycles. The summed E-state index contributed by atoms with van der Waals surface area (Å²) < 4.78 is 4.87. The van der Waals surface area contributed by atoms with Crippen LogP contribution in [0.5, 0.6) is 0 Å². The van der Waals surface area contributed by atoms with E-state index in [0.29, 0.717) is 18.0 Å². The molecule has 1 heterocycles. The van der Waals surface area contributed by atoms with E-state index < -0.39 is 0 Å². The highest BCUT2D eigenvalue weighted by molar-refractivity contribution is 5.93. The second-order valence-corrected chi connectivity index (χ2v) is 4.91. The average molecular weight is 257 g/mol. The van der Waals surface area contributed by atoms with Crippen molar-refractivity contribution in [3.63, 3.8) is 0 Å². The summed E-state index contributed by atoms with van der Waals surface area (Å²) in [6.07, 6.45) is 3.79. The molecule has 19 heavy (non-hydrogen) atoms. The smallest absolute Gasteiger partial charge is 0.254 e. The lowest BCUT2D eigenvalue weighted by Crippen LogP contribution is -2.25. The Labute approximate surface area is 113 Å². The van der Waals surface area contributed by atoms with Crippen molar-refractivity contribution in [1.82, 2.24) is 5.32 Å². The van der Waals surface area contributed by atoms with Crippen LogP contribution in [0.25, 0.3) is 0 Å². The molecule has 2 rings (SSSR count). The third kappa shape index (κ3) is 3.71. The maximum atomic E-state index is 11.7. The van der Waals surface area contributed by atoms with E-state index >= 15 is 0 Å². The average Bonchev–Trinajstić information content (AvgIpc) is 2.93. The van der Waals surface area contributed by atoms with E-state index in [1.54, 1.807) is 6.07 Å². The molecule has 0 aliphatic rings. The maximum absolute atomic E-state index is 11.7. The Balaban J connectivity index is 1.81. The molecular formula is C16H19NO2. The first-order chi connectivity index (χ1) is 9.16. The van der Waals surface area contributed by atoms with Crippen LogP contribution < -0.4 is 5.32 Å². The van der Waals surface area contributed by atoms with Crippen LogP contribution in [-0.2, 0) is 6.42 Å². The molecule has 0 unspecified atom stereocenters. The van der Waals surface area contributed by atoms with Gasteiger partial charge in [-0.05, 0) is 29.5 Å². The molecule has 0 atom stereocenters. The highest BCUT2D eigenvalue weighted by Crippen LogP contribution is 2.14. The Morgan fingerprint density at radius 1 is 1.21 bits per heavy atom. The fourth-order valence-corrected chi connectivity index (χ4v) is 1.89. The van der Waals surface area contributed by atoms with Crippen molar-refractivity contribution >= 4 is 5.91 Å². The van der Waals surface area contributed by atoms with Gasteiger partial charge in [-0.2, -0.15) is 0 Å². The van der Waals surface area contributed by atoms with Crippen LogP contribution in [0.3, 0.4) is 0 Å². The quantitative estimate of drug-likeness (QED) is 0.892. The number of carbonyl (C=O) groups excluding carboxylic acids is 1. The molecular weight excluding hydrogens is 238 g/mol. The highest BCUT2D eigenvalue weighted by atomic mass is 16.3. The number of furan rings is 1. The molecule has 0 fully saturated rings. The molecule has 0 saturated carbocycles. The summed E-state index contributed by atoms with van der Waals surface area (Å²) in [5, 5.41) is 2.87. The predicted molar refractivity (Wildman–Crippen MR) is 75.3 cm³/mol. The van der Waals surface area contributed by atoms with E-state index in [9.17, 15) is 4.79 Å². The number of hydrogen-bond donors (Lipinski definition) is 1. The molecule has 3 nitrogen and oxygen atoms in total. The van der Waals surface area contributed by atoms with Gasteiger partial charge in [-0.15, -0.1) is 0 Å². The number of benzene rings is 1. The van der Waals surface area contributed by atoms with Gasteiger partial charge in [0, 0.05) is 6.54 Å². The first-order valence-electron chi connectivity index (χ1n) is 6.56. The summed E-state index contributed by atoms with van der Waals surface area (Å²) in [7, 11) is 0. The zero-order valence-electron chi connectivity index (χ0n) is 11.3. The summed E-state index contributed by atoms with van der Waals surface area (Å²) >= 11 is 0. The summed E-state index contributed by atoms with van der Waals surface area (Å²) in [6, 6.07) is 10.2. The number of nitrogens with one attached hydrogen (secondary N) is 1. The molecule has 1 aromatic carbocycles. The molecule has 0 aliphatic carbocycles. The first kappa shape index (κ1) is 13.4. The topological polar surface area (TPSA) is 42.2 Å². The lowest BCUT2D eigenvalue weighted by Gasteiger charge is -2.07. The van der Waals surface area contributed by atoms with Crippen LogP contribution in [0.4, 0.5) is 0 Å². The Morgan fingerprint density at radius 3 is 2.53 bits per heavy atom. The van der Waals surface area contributed by atoms with E-state index in [2.05, 4.69) is 43.4 Å². The van der Waals surface area contributed by atoms with Crippen LogP contribution >= 0.6 is 0 Å². The van der Waals surface area contributed by atoms with Crippen molar-refractivity contribution in [2.45, 2.75) is 26.2 Å². The van der Waals surface area contributed by atoms with Gasteiger partial charge < -0.3 is 9.73 Å². The van der Waals surface area contributed by atoms with Gasteiger partial charge in [0.15, 0.2) is 0 Å². The molecule has 0 aliphatic heterocycles. The fourth-order valence-electron chi connectivity index (χ4n) is 1.89. The van der Waals surface area contributed by atoms with Crippen LogP contribution in [0, 0.1) is 0 Å². The largest absolute Gasteiger partial charge is 0.472 e. The van der Waals surface area contributed by atoms with Gasteiger partial charge in [0.1, 0.15) is 6.26 Å². The predicted octanol–water partition coefficient (Wildman–Crippen LogP) is 3.38. The molecule has 1 aromatic heterocycles. The Bertz CT molecular complexity index is 512. The van der Waals surface area contributed by atoms with Crippen molar-refractivity contribution in [3.05, 3.63) is 59.5 Å². The van der Waals surface area contributed by atoms with E-state index in [0.717, 1.165) is 6.42 Å². The van der Waals surface area contributed by atoms with Gasteiger partial charge in [0.05, 0.1) is 11.8 Å². The number of rotatable bonds is 5. The summed E-state index contributed by atoms with van der Waals surface area (Å²) in [4.78, 5) is 11.7.